The molecule has 0 aliphatic rings. The molecular formula is C15H18BrN3OS. The van der Waals surface area contributed by atoms with Crippen LogP contribution in [0, 0.1) is 6.92 Å². The summed E-state index contributed by atoms with van der Waals surface area (Å²) in [7, 11) is 0. The fourth-order valence-electron chi connectivity index (χ4n) is 2.07. The summed E-state index contributed by atoms with van der Waals surface area (Å²) in [6.45, 7) is 6.93. The molecule has 2 aromatic rings. The van der Waals surface area contributed by atoms with Gasteiger partial charge in [-0.15, -0.1) is 0 Å². The zero-order valence-electron chi connectivity index (χ0n) is 12.2. The Labute approximate surface area is 136 Å². The summed E-state index contributed by atoms with van der Waals surface area (Å²) >= 11 is 4.99. The molecule has 0 aliphatic heterocycles. The van der Waals surface area contributed by atoms with E-state index in [-0.39, 0.29) is 11.6 Å². The first-order valence-electron chi connectivity index (χ1n) is 6.78. The molecule has 0 saturated heterocycles. The molecule has 21 heavy (non-hydrogen) atoms. The van der Waals surface area contributed by atoms with Gasteiger partial charge in [0.2, 0.25) is 0 Å². The first-order valence-corrected chi connectivity index (χ1v) is 8.39. The van der Waals surface area contributed by atoms with E-state index in [1.54, 1.807) is 0 Å². The third kappa shape index (κ3) is 4.43. The van der Waals surface area contributed by atoms with Crippen molar-refractivity contribution in [2.24, 2.45) is 0 Å². The number of aromatic amines is 1. The minimum absolute atomic E-state index is 0.122. The molecule has 0 fully saturated rings. The van der Waals surface area contributed by atoms with Crippen LogP contribution in [-0.2, 0) is 0 Å². The molecule has 0 saturated carbocycles. The van der Waals surface area contributed by atoms with Gasteiger partial charge in [0.05, 0.1) is 0 Å². The van der Waals surface area contributed by atoms with Crippen LogP contribution in [0.25, 0.3) is 0 Å². The molecule has 2 rings (SSSR count). The topological polar surface area (TPSA) is 57.8 Å². The quantitative estimate of drug-likeness (QED) is 0.791. The Kier molecular flexibility index (Phi) is 5.61. The van der Waals surface area contributed by atoms with Gasteiger partial charge in [0.15, 0.2) is 5.16 Å². The molecule has 0 aliphatic carbocycles. The molecule has 1 heterocycles. The predicted molar refractivity (Wildman–Crippen MR) is 90.0 cm³/mol. The van der Waals surface area contributed by atoms with E-state index < -0.39 is 0 Å². The molecule has 0 spiro atoms. The highest BCUT2D eigenvalue weighted by molar-refractivity contribution is 9.10. The van der Waals surface area contributed by atoms with E-state index in [0.717, 1.165) is 21.6 Å². The molecule has 112 valence electrons. The maximum absolute atomic E-state index is 11.5. The lowest BCUT2D eigenvalue weighted by molar-refractivity contribution is 0.589. The number of hydrogen-bond donors (Lipinski definition) is 2. The second kappa shape index (κ2) is 7.24. The number of H-pyrrole nitrogens is 1. The summed E-state index contributed by atoms with van der Waals surface area (Å²) in [5, 5.41) is 4.03. The summed E-state index contributed by atoms with van der Waals surface area (Å²) in [5.74, 6) is 0. The van der Waals surface area contributed by atoms with Crippen LogP contribution in [-0.4, -0.2) is 16.5 Å². The fourth-order valence-corrected chi connectivity index (χ4v) is 3.49. The number of benzene rings is 1. The van der Waals surface area contributed by atoms with Crippen molar-refractivity contribution in [2.75, 3.05) is 6.54 Å². The van der Waals surface area contributed by atoms with Crippen LogP contribution in [0.2, 0.25) is 0 Å². The van der Waals surface area contributed by atoms with Crippen LogP contribution in [0.3, 0.4) is 0 Å². The normalized spacial score (nSPS) is 12.4. The lowest BCUT2D eigenvalue weighted by Crippen LogP contribution is -2.18. The molecule has 6 heteroatoms. The van der Waals surface area contributed by atoms with Crippen molar-refractivity contribution in [1.29, 1.82) is 0 Å². The maximum atomic E-state index is 11.5. The second-order valence-corrected chi connectivity index (χ2v) is 6.70. The van der Waals surface area contributed by atoms with Gasteiger partial charge in [0.1, 0.15) is 0 Å². The van der Waals surface area contributed by atoms with Crippen LogP contribution >= 0.6 is 27.7 Å². The number of rotatable bonds is 5. The average molecular weight is 368 g/mol. The molecule has 0 bridgehead atoms. The van der Waals surface area contributed by atoms with Crippen molar-refractivity contribution in [3.05, 3.63) is 50.3 Å². The van der Waals surface area contributed by atoms with E-state index in [0.29, 0.717) is 5.16 Å². The lowest BCUT2D eigenvalue weighted by Gasteiger charge is -2.17. The standard InChI is InChI=1S/C15H18BrN3OS/c1-4-17-10(3)12-8-11(16)5-6-13(12)21-15-18-9(2)7-14(20)19-15/h5-8,10,17H,4H2,1-3H3,(H,18,19,20). The second-order valence-electron chi connectivity index (χ2n) is 4.76. The van der Waals surface area contributed by atoms with Crippen LogP contribution in [0.5, 0.6) is 0 Å². The SMILES string of the molecule is CCNC(C)c1cc(Br)ccc1Sc1nc(C)cc(=O)[nH]1. The Morgan fingerprint density at radius 2 is 2.19 bits per heavy atom. The third-order valence-electron chi connectivity index (χ3n) is 3.00. The van der Waals surface area contributed by atoms with E-state index in [1.165, 1.54) is 23.4 Å². The highest BCUT2D eigenvalue weighted by Gasteiger charge is 2.12. The van der Waals surface area contributed by atoms with Crippen LogP contribution in [0.15, 0.2) is 43.6 Å². The number of aromatic nitrogens is 2. The van der Waals surface area contributed by atoms with Crippen LogP contribution in [0.4, 0.5) is 0 Å². The van der Waals surface area contributed by atoms with E-state index >= 15 is 0 Å². The average Bonchev–Trinajstić information content (AvgIpc) is 2.40. The van der Waals surface area contributed by atoms with Gasteiger partial charge >= 0.3 is 0 Å². The first-order chi connectivity index (χ1) is 9.99. The predicted octanol–water partition coefficient (Wildman–Crippen LogP) is 3.66. The molecule has 0 amide bonds. The number of hydrogen-bond acceptors (Lipinski definition) is 4. The van der Waals surface area contributed by atoms with Gasteiger partial charge in [-0.25, -0.2) is 4.98 Å². The maximum Gasteiger partial charge on any atom is 0.251 e. The minimum Gasteiger partial charge on any atom is -0.310 e. The van der Waals surface area contributed by atoms with Crippen molar-refractivity contribution in [3.63, 3.8) is 0 Å². The van der Waals surface area contributed by atoms with Crippen molar-refractivity contribution in [2.45, 2.75) is 36.9 Å². The lowest BCUT2D eigenvalue weighted by atomic mass is 10.1. The highest BCUT2D eigenvalue weighted by Crippen LogP contribution is 2.33. The Morgan fingerprint density at radius 3 is 2.86 bits per heavy atom. The van der Waals surface area contributed by atoms with Gasteiger partial charge in [-0.05, 0) is 44.2 Å². The smallest absolute Gasteiger partial charge is 0.251 e. The Morgan fingerprint density at radius 1 is 1.43 bits per heavy atom. The van der Waals surface area contributed by atoms with Gasteiger partial charge in [-0.2, -0.15) is 0 Å². The minimum atomic E-state index is -0.122. The fraction of sp³-hybridized carbons (Fsp3) is 0.333. The van der Waals surface area contributed by atoms with Crippen molar-refractivity contribution >= 4 is 27.7 Å². The summed E-state index contributed by atoms with van der Waals surface area (Å²) in [5.41, 5.74) is 1.78. The summed E-state index contributed by atoms with van der Waals surface area (Å²) < 4.78 is 1.04. The number of nitrogens with zero attached hydrogens (tertiary/aromatic N) is 1. The van der Waals surface area contributed by atoms with Gasteiger partial charge in [0, 0.05) is 27.2 Å². The van der Waals surface area contributed by atoms with Gasteiger partial charge in [-0.3, -0.25) is 4.79 Å². The number of halogens is 1. The molecule has 4 nitrogen and oxygen atoms in total. The van der Waals surface area contributed by atoms with E-state index in [4.69, 9.17) is 0 Å². The Hall–Kier alpha value is -1.11. The summed E-state index contributed by atoms with van der Waals surface area (Å²) in [6, 6.07) is 7.86. The van der Waals surface area contributed by atoms with E-state index in [9.17, 15) is 4.79 Å². The molecule has 1 aromatic heterocycles. The zero-order chi connectivity index (χ0) is 15.4. The monoisotopic (exact) mass is 367 g/mol. The van der Waals surface area contributed by atoms with E-state index in [1.807, 2.05) is 19.1 Å². The summed E-state index contributed by atoms with van der Waals surface area (Å²) in [4.78, 5) is 19.8. The molecule has 1 aromatic carbocycles. The van der Waals surface area contributed by atoms with Gasteiger partial charge in [0.25, 0.3) is 5.56 Å². The zero-order valence-corrected chi connectivity index (χ0v) is 14.6. The first kappa shape index (κ1) is 16.3. The molecule has 2 N–H and O–H groups in total. The Balaban J connectivity index is 2.36. The highest BCUT2D eigenvalue weighted by atomic mass is 79.9. The number of aryl methyl sites for hydroxylation is 1. The molecular weight excluding hydrogens is 350 g/mol. The molecule has 1 unspecified atom stereocenters. The van der Waals surface area contributed by atoms with Crippen molar-refractivity contribution in [1.82, 2.24) is 15.3 Å². The van der Waals surface area contributed by atoms with E-state index in [2.05, 4.69) is 51.1 Å². The van der Waals surface area contributed by atoms with Gasteiger partial charge in [-0.1, -0.05) is 34.6 Å². The van der Waals surface area contributed by atoms with Crippen molar-refractivity contribution < 1.29 is 0 Å². The largest absolute Gasteiger partial charge is 0.310 e. The Bertz CT molecular complexity index is 687. The molecule has 0 radical (unpaired) electrons. The molecule has 1 atom stereocenters. The van der Waals surface area contributed by atoms with Crippen LogP contribution in [0.1, 0.15) is 31.1 Å². The number of nitrogens with one attached hydrogen (secondary N) is 2. The van der Waals surface area contributed by atoms with Gasteiger partial charge < -0.3 is 10.3 Å². The van der Waals surface area contributed by atoms with Crippen LogP contribution < -0.4 is 10.9 Å². The third-order valence-corrected chi connectivity index (χ3v) is 4.47. The summed E-state index contributed by atoms with van der Waals surface area (Å²) in [6.07, 6.45) is 0. The van der Waals surface area contributed by atoms with Crippen molar-refractivity contribution in [3.8, 4) is 0 Å².